The lowest BCUT2D eigenvalue weighted by molar-refractivity contribution is 0.188. The SMILES string of the molecule is CN(C)CC1COc2ccc3c(c2C1)N1CC(CN(C)C)CNC1N3. The molecule has 0 aromatic heterocycles. The molecule has 0 amide bonds. The Morgan fingerprint density at radius 3 is 2.64 bits per heavy atom. The molecule has 3 atom stereocenters. The van der Waals surface area contributed by atoms with Crippen LogP contribution in [-0.2, 0) is 6.42 Å². The summed E-state index contributed by atoms with van der Waals surface area (Å²) in [5.74, 6) is 2.27. The Labute approximate surface area is 151 Å². The van der Waals surface area contributed by atoms with Gasteiger partial charge >= 0.3 is 0 Å². The van der Waals surface area contributed by atoms with Crippen LogP contribution in [0.15, 0.2) is 12.1 Å². The van der Waals surface area contributed by atoms with Gasteiger partial charge in [0.05, 0.1) is 18.0 Å². The molecule has 25 heavy (non-hydrogen) atoms. The maximum Gasteiger partial charge on any atom is 0.155 e. The normalized spacial score (nSPS) is 27.6. The van der Waals surface area contributed by atoms with E-state index in [1.54, 1.807) is 0 Å². The zero-order chi connectivity index (χ0) is 17.6. The minimum atomic E-state index is 0.217. The van der Waals surface area contributed by atoms with Crippen molar-refractivity contribution in [2.45, 2.75) is 12.7 Å². The van der Waals surface area contributed by atoms with E-state index in [-0.39, 0.29) is 6.29 Å². The fraction of sp³-hybridized carbons (Fsp3) is 0.684. The van der Waals surface area contributed by atoms with E-state index in [9.17, 15) is 0 Å². The van der Waals surface area contributed by atoms with E-state index in [0.29, 0.717) is 11.8 Å². The highest BCUT2D eigenvalue weighted by molar-refractivity contribution is 5.82. The first-order valence-corrected chi connectivity index (χ1v) is 9.36. The van der Waals surface area contributed by atoms with E-state index < -0.39 is 0 Å². The van der Waals surface area contributed by atoms with Crippen molar-refractivity contribution >= 4 is 11.4 Å². The standard InChI is InChI=1S/C19H31N5O/c1-22(2)9-13-7-15-17(25-12-13)6-5-16-18(15)24-11-14(10-23(3)4)8-20-19(24)21-16/h5-6,13-14,19-21H,7-12H2,1-4H3. The zero-order valence-corrected chi connectivity index (χ0v) is 15.9. The van der Waals surface area contributed by atoms with Gasteiger partial charge in [-0.2, -0.15) is 0 Å². The molecule has 1 aromatic rings. The Morgan fingerprint density at radius 2 is 1.88 bits per heavy atom. The number of rotatable bonds is 4. The predicted octanol–water partition coefficient (Wildman–Crippen LogP) is 1.10. The van der Waals surface area contributed by atoms with Crippen LogP contribution in [0.2, 0.25) is 0 Å². The second-order valence-corrected chi connectivity index (χ2v) is 8.32. The zero-order valence-electron chi connectivity index (χ0n) is 15.9. The van der Waals surface area contributed by atoms with Crippen molar-refractivity contribution in [3.63, 3.8) is 0 Å². The fourth-order valence-corrected chi connectivity index (χ4v) is 4.56. The minimum absolute atomic E-state index is 0.217. The van der Waals surface area contributed by atoms with Gasteiger partial charge in [-0.15, -0.1) is 0 Å². The van der Waals surface area contributed by atoms with E-state index >= 15 is 0 Å². The summed E-state index contributed by atoms with van der Waals surface area (Å²) in [6.07, 6.45) is 1.31. The van der Waals surface area contributed by atoms with E-state index in [0.717, 1.165) is 45.0 Å². The van der Waals surface area contributed by atoms with Gasteiger partial charge in [0.15, 0.2) is 6.29 Å². The Balaban J connectivity index is 1.60. The van der Waals surface area contributed by atoms with Gasteiger partial charge < -0.3 is 24.8 Å². The van der Waals surface area contributed by atoms with Crippen LogP contribution in [0, 0.1) is 11.8 Å². The lowest BCUT2D eigenvalue weighted by atomic mass is 9.93. The van der Waals surface area contributed by atoms with Gasteiger partial charge in [-0.1, -0.05) is 0 Å². The summed E-state index contributed by atoms with van der Waals surface area (Å²) in [5.41, 5.74) is 4.00. The highest BCUT2D eigenvalue weighted by Crippen LogP contribution is 2.45. The molecule has 3 aliphatic rings. The molecule has 4 rings (SSSR count). The van der Waals surface area contributed by atoms with Crippen molar-refractivity contribution < 1.29 is 4.74 Å². The van der Waals surface area contributed by atoms with Crippen molar-refractivity contribution in [1.29, 1.82) is 0 Å². The molecule has 3 heterocycles. The Morgan fingerprint density at radius 1 is 1.12 bits per heavy atom. The van der Waals surface area contributed by atoms with Crippen LogP contribution in [0.1, 0.15) is 5.56 Å². The monoisotopic (exact) mass is 345 g/mol. The molecule has 0 saturated carbocycles. The molecule has 3 aliphatic heterocycles. The third-order valence-corrected chi connectivity index (χ3v) is 5.40. The van der Waals surface area contributed by atoms with E-state index in [2.05, 4.69) is 65.7 Å². The first kappa shape index (κ1) is 16.9. The van der Waals surface area contributed by atoms with Crippen LogP contribution in [0.4, 0.5) is 11.4 Å². The van der Waals surface area contributed by atoms with Crippen molar-refractivity contribution in [2.75, 3.05) is 71.2 Å². The maximum atomic E-state index is 6.12. The number of hydrogen-bond acceptors (Lipinski definition) is 6. The summed E-state index contributed by atoms with van der Waals surface area (Å²) in [4.78, 5) is 7.07. The molecule has 1 fully saturated rings. The quantitative estimate of drug-likeness (QED) is 0.852. The predicted molar refractivity (Wildman–Crippen MR) is 102 cm³/mol. The van der Waals surface area contributed by atoms with Crippen LogP contribution in [-0.4, -0.2) is 77.1 Å². The van der Waals surface area contributed by atoms with Crippen molar-refractivity contribution in [2.24, 2.45) is 11.8 Å². The Hall–Kier alpha value is -1.50. The topological polar surface area (TPSA) is 43.0 Å². The summed E-state index contributed by atoms with van der Waals surface area (Å²) in [7, 11) is 8.60. The highest BCUT2D eigenvalue weighted by Gasteiger charge is 2.38. The lowest BCUT2D eigenvalue weighted by Crippen LogP contribution is -2.57. The summed E-state index contributed by atoms with van der Waals surface area (Å²) in [6.45, 7) is 5.15. The highest BCUT2D eigenvalue weighted by atomic mass is 16.5. The molecule has 0 spiro atoms. The summed E-state index contributed by atoms with van der Waals surface area (Å²) >= 11 is 0. The van der Waals surface area contributed by atoms with Crippen LogP contribution in [0.5, 0.6) is 5.75 Å². The Bertz CT molecular complexity index is 632. The van der Waals surface area contributed by atoms with Gasteiger partial charge in [-0.25, -0.2) is 0 Å². The number of hydrogen-bond donors (Lipinski definition) is 2. The summed E-state index contributed by atoms with van der Waals surface area (Å²) in [5, 5.41) is 7.32. The third-order valence-electron chi connectivity index (χ3n) is 5.40. The molecule has 0 aliphatic carbocycles. The molecule has 2 N–H and O–H groups in total. The Kier molecular flexibility index (Phi) is 4.52. The second-order valence-electron chi connectivity index (χ2n) is 8.32. The number of anilines is 2. The minimum Gasteiger partial charge on any atom is -0.493 e. The van der Waals surface area contributed by atoms with Gasteiger partial charge in [0.1, 0.15) is 5.75 Å². The number of fused-ring (bicyclic) bond motifs is 5. The number of nitrogens with one attached hydrogen (secondary N) is 2. The average Bonchev–Trinajstić information content (AvgIpc) is 2.92. The second kappa shape index (κ2) is 6.67. The van der Waals surface area contributed by atoms with E-state index in [1.807, 2.05) is 0 Å². The van der Waals surface area contributed by atoms with Gasteiger partial charge in [0.25, 0.3) is 0 Å². The van der Waals surface area contributed by atoms with Crippen LogP contribution >= 0.6 is 0 Å². The number of benzene rings is 1. The molecule has 1 aromatic carbocycles. The van der Waals surface area contributed by atoms with Gasteiger partial charge in [0, 0.05) is 43.6 Å². The molecular formula is C19H31N5O. The molecule has 0 bridgehead atoms. The van der Waals surface area contributed by atoms with Crippen molar-refractivity contribution in [1.82, 2.24) is 15.1 Å². The van der Waals surface area contributed by atoms with Crippen LogP contribution in [0.25, 0.3) is 0 Å². The van der Waals surface area contributed by atoms with Crippen molar-refractivity contribution in [3.8, 4) is 5.75 Å². The third kappa shape index (κ3) is 3.30. The molecule has 3 unspecified atom stereocenters. The molecule has 1 saturated heterocycles. The van der Waals surface area contributed by atoms with E-state index in [1.165, 1.54) is 16.9 Å². The number of ether oxygens (including phenoxy) is 1. The van der Waals surface area contributed by atoms with Gasteiger partial charge in [-0.05, 0) is 46.7 Å². The summed E-state index contributed by atoms with van der Waals surface area (Å²) < 4.78 is 6.12. The van der Waals surface area contributed by atoms with Gasteiger partial charge in [-0.3, -0.25) is 5.32 Å². The van der Waals surface area contributed by atoms with E-state index in [4.69, 9.17) is 4.74 Å². The summed E-state index contributed by atoms with van der Waals surface area (Å²) in [6, 6.07) is 4.32. The average molecular weight is 345 g/mol. The largest absolute Gasteiger partial charge is 0.493 e. The fourth-order valence-electron chi connectivity index (χ4n) is 4.56. The van der Waals surface area contributed by atoms with Crippen LogP contribution < -0.4 is 20.3 Å². The van der Waals surface area contributed by atoms with Crippen LogP contribution in [0.3, 0.4) is 0 Å². The van der Waals surface area contributed by atoms with Gasteiger partial charge in [0.2, 0.25) is 0 Å². The van der Waals surface area contributed by atoms with Crippen molar-refractivity contribution in [3.05, 3.63) is 17.7 Å². The number of nitrogens with zero attached hydrogens (tertiary/aromatic N) is 3. The molecular weight excluding hydrogens is 314 g/mol. The molecule has 6 nitrogen and oxygen atoms in total. The first-order valence-electron chi connectivity index (χ1n) is 9.36. The maximum absolute atomic E-state index is 6.12. The molecule has 138 valence electrons. The smallest absolute Gasteiger partial charge is 0.155 e. The first-order chi connectivity index (χ1) is 12.0. The lowest BCUT2D eigenvalue weighted by Gasteiger charge is -2.39. The molecule has 6 heteroatoms. The molecule has 0 radical (unpaired) electrons.